The zero-order valence-corrected chi connectivity index (χ0v) is 59.8. The number of pyridine rings is 3. The van der Waals surface area contributed by atoms with Gasteiger partial charge in [0.15, 0.2) is 0 Å². The Labute approximate surface area is 620 Å². The van der Waals surface area contributed by atoms with E-state index in [-0.39, 0.29) is 17.1 Å². The first-order chi connectivity index (χ1) is 52.2. The van der Waals surface area contributed by atoms with Crippen LogP contribution < -0.4 is 36.6 Å². The zero-order chi connectivity index (χ0) is 77.4. The minimum atomic E-state index is -4.50. The summed E-state index contributed by atoms with van der Waals surface area (Å²) in [5, 5.41) is 31.4. The first kappa shape index (κ1) is 78.1. The molecule has 1 fully saturated rings. The van der Waals surface area contributed by atoms with Gasteiger partial charge in [-0.25, -0.2) is 19.4 Å². The number of nitrogens with one attached hydrogen (secondary N) is 6. The van der Waals surface area contributed by atoms with E-state index >= 15 is 0 Å². The largest absolute Gasteiger partial charge is 0.476 e. The number of hydrogen-bond acceptors (Lipinski definition) is 14. The molecule has 12 aromatic rings. The van der Waals surface area contributed by atoms with Crippen LogP contribution in [-0.4, -0.2) is 158 Å². The van der Waals surface area contributed by atoms with E-state index in [0.29, 0.717) is 29.5 Å². The van der Waals surface area contributed by atoms with E-state index in [1.54, 1.807) is 72.1 Å². The van der Waals surface area contributed by atoms with Gasteiger partial charge in [0.25, 0.3) is 0 Å². The predicted molar refractivity (Wildman–Crippen MR) is 401 cm³/mol. The molecule has 0 saturated carbocycles. The normalized spacial score (nSPS) is 12.7. The molecule has 0 atom stereocenters. The molecule has 0 radical (unpaired) electrons. The Balaban J connectivity index is 0.000000163. The number of amides is 6. The van der Waals surface area contributed by atoms with Gasteiger partial charge < -0.3 is 51.2 Å². The van der Waals surface area contributed by atoms with Crippen molar-refractivity contribution in [1.29, 1.82) is 0 Å². The quantitative estimate of drug-likeness (QED) is 0.0367. The second-order valence-electron chi connectivity index (χ2n) is 25.8. The van der Waals surface area contributed by atoms with Crippen molar-refractivity contribution in [2.75, 3.05) is 113 Å². The first-order valence-electron chi connectivity index (χ1n) is 34.4. The number of benzene rings is 6. The second kappa shape index (κ2) is 35.1. The minimum Gasteiger partial charge on any atom is -0.476 e. The maximum absolute atomic E-state index is 12.9. The van der Waals surface area contributed by atoms with Gasteiger partial charge in [-0.2, -0.15) is 54.8 Å². The lowest BCUT2D eigenvalue weighted by atomic mass is 10.0. The molecule has 6 aromatic carbocycles. The van der Waals surface area contributed by atoms with Gasteiger partial charge in [0.1, 0.15) is 6.61 Å². The molecule has 109 heavy (non-hydrogen) atoms. The number of hydrogen-bond donors (Lipinski definition) is 6. The first-order valence-corrected chi connectivity index (χ1v) is 34.4. The fourth-order valence-electron chi connectivity index (χ4n) is 11.8. The number of fused-ring (bicyclic) bond motifs is 3. The van der Waals surface area contributed by atoms with Gasteiger partial charge in [-0.05, 0) is 155 Å². The van der Waals surface area contributed by atoms with Crippen molar-refractivity contribution in [3.63, 3.8) is 0 Å². The van der Waals surface area contributed by atoms with E-state index in [2.05, 4.69) is 71.9 Å². The Morgan fingerprint density at radius 1 is 0.450 bits per heavy atom. The molecule has 23 nitrogen and oxygen atoms in total. The third kappa shape index (κ3) is 21.2. The lowest BCUT2D eigenvalue weighted by molar-refractivity contribution is -0.138. The van der Waals surface area contributed by atoms with E-state index in [1.807, 2.05) is 104 Å². The van der Waals surface area contributed by atoms with Crippen molar-refractivity contribution in [3.8, 4) is 39.3 Å². The molecule has 6 amide bonds. The average molecular weight is 1510 g/mol. The number of likely N-dealkylation sites (N-methyl/N-ethyl adjacent to an activating group) is 1. The van der Waals surface area contributed by atoms with E-state index in [9.17, 15) is 53.9 Å². The molecule has 0 unspecified atom stereocenters. The number of alkyl halides is 9. The number of rotatable bonds is 21. The van der Waals surface area contributed by atoms with Crippen LogP contribution >= 0.6 is 0 Å². The SMILES string of the molecule is CN(C)CCCn1ncc2c(-c3ccc(NC(=O)Nc4cccc(C(F)(F)F)c4)cc3)cncc21.CN(C)CCOc1ncc2c(cnn2C)c1-c1ccc(NC(=O)Nc2cccc(C(F)(F)F)c2)cc1.O=C(Nc1ccc(-c2cncc3c2cnn3CCCN2CCOCC2)cc1)Nc1cccc(C(F)(F)F)c1. The van der Waals surface area contributed by atoms with Gasteiger partial charge in [0, 0.05) is 120 Å². The third-order valence-corrected chi connectivity index (χ3v) is 17.3. The summed E-state index contributed by atoms with van der Waals surface area (Å²) in [6.07, 6.45) is 2.79. The molecule has 1 aliphatic rings. The topological polar surface area (TPSA) is 244 Å². The Hall–Kier alpha value is -12.0. The Kier molecular flexibility index (Phi) is 25.2. The number of carbonyl (C=O) groups excluding carboxylic acids is 3. The van der Waals surface area contributed by atoms with E-state index in [1.165, 1.54) is 36.4 Å². The molecular formula is C77H77F9N18O5. The number of aromatic nitrogens is 9. The summed E-state index contributed by atoms with van der Waals surface area (Å²) in [5.74, 6) is 0.473. The Bertz CT molecular complexity index is 5080. The van der Waals surface area contributed by atoms with Gasteiger partial charge >= 0.3 is 36.6 Å². The van der Waals surface area contributed by atoms with Crippen molar-refractivity contribution in [3.05, 3.63) is 212 Å². The lowest BCUT2D eigenvalue weighted by Gasteiger charge is -2.26. The molecule has 1 aliphatic heterocycles. The van der Waals surface area contributed by atoms with Gasteiger partial charge in [-0.3, -0.25) is 28.9 Å². The molecule has 568 valence electrons. The molecule has 0 bridgehead atoms. The predicted octanol–water partition coefficient (Wildman–Crippen LogP) is 16.4. The third-order valence-electron chi connectivity index (χ3n) is 17.3. The number of anilines is 6. The summed E-state index contributed by atoms with van der Waals surface area (Å²) in [6, 6.07) is 32.8. The summed E-state index contributed by atoms with van der Waals surface area (Å²) >= 11 is 0. The van der Waals surface area contributed by atoms with Crippen LogP contribution in [0.3, 0.4) is 0 Å². The van der Waals surface area contributed by atoms with Crippen LogP contribution in [0.5, 0.6) is 5.88 Å². The highest BCUT2D eigenvalue weighted by Crippen LogP contribution is 2.38. The fraction of sp³-hybridized carbons (Fsp3) is 0.260. The standard InChI is InChI=1S/C27H27F3N6O2.C25H25F3N6O2.C25H25F3N6O/c28-27(29,30)20-3-1-4-22(15-20)34-26(37)33-21-7-5-19(6-8-21)23-16-31-18-25-24(23)17-32-36(25)10-2-9-35-11-13-38-14-12-35;1-33(2)11-12-36-23-22(20-14-30-34(3)21(20)15-29-23)16-7-9-18(10-8-16)31-24(35)32-19-6-4-5-17(13-19)25(26,27)28;1-33(2)11-4-12-34-23-16-29-14-21(22(23)15-30-34)17-7-9-19(10-8-17)31-24(35)32-20-6-3-5-18(13-20)25(26,27)28/h1,3-8,15-18H,2,9-14H2,(H2,33,34,37);4-10,13-15H,11-12H2,1-3H3,(H2,31,32,35);3,5-10,13-16H,4,11-12H2,1-2H3,(H2,31,32,35). The molecule has 13 rings (SSSR count). The van der Waals surface area contributed by atoms with Crippen molar-refractivity contribution in [2.45, 2.75) is 44.5 Å². The second-order valence-corrected chi connectivity index (χ2v) is 25.8. The summed E-state index contributed by atoms with van der Waals surface area (Å²) in [6.45, 7) is 8.20. The van der Waals surface area contributed by atoms with Crippen LogP contribution in [0.4, 0.5) is 88.0 Å². The van der Waals surface area contributed by atoms with Crippen molar-refractivity contribution < 1.29 is 63.4 Å². The molecular weight excluding hydrogens is 1430 g/mol. The summed E-state index contributed by atoms with van der Waals surface area (Å²) in [7, 11) is 9.81. The smallest absolute Gasteiger partial charge is 0.416 e. The highest BCUT2D eigenvalue weighted by atomic mass is 19.4. The molecule has 0 spiro atoms. The van der Waals surface area contributed by atoms with Crippen LogP contribution in [-0.2, 0) is 43.4 Å². The van der Waals surface area contributed by atoms with Crippen LogP contribution in [0.1, 0.15) is 29.5 Å². The van der Waals surface area contributed by atoms with Crippen molar-refractivity contribution >= 4 is 84.9 Å². The van der Waals surface area contributed by atoms with E-state index < -0.39 is 53.3 Å². The number of ether oxygens (including phenoxy) is 2. The average Bonchev–Trinajstić information content (AvgIpc) is 1.51. The summed E-state index contributed by atoms with van der Waals surface area (Å²) in [4.78, 5) is 56.8. The number of halogens is 9. The van der Waals surface area contributed by atoms with Gasteiger partial charge in [0.2, 0.25) is 5.88 Å². The van der Waals surface area contributed by atoms with Crippen LogP contribution in [0.2, 0.25) is 0 Å². The van der Waals surface area contributed by atoms with Gasteiger partial charge in [-0.15, -0.1) is 0 Å². The van der Waals surface area contributed by atoms with Gasteiger partial charge in [-0.1, -0.05) is 54.6 Å². The Morgan fingerprint density at radius 3 is 1.28 bits per heavy atom. The number of aryl methyl sites for hydroxylation is 3. The monoisotopic (exact) mass is 1500 g/mol. The van der Waals surface area contributed by atoms with Crippen LogP contribution in [0, 0.1) is 0 Å². The van der Waals surface area contributed by atoms with Crippen molar-refractivity contribution in [1.82, 2.24) is 59.0 Å². The van der Waals surface area contributed by atoms with Crippen molar-refractivity contribution in [2.24, 2.45) is 7.05 Å². The molecule has 32 heteroatoms. The number of carbonyl (C=O) groups is 3. The molecule has 6 N–H and O–H groups in total. The number of urea groups is 3. The fourth-order valence-corrected chi connectivity index (χ4v) is 11.8. The number of nitrogens with zero attached hydrogens (tertiary/aromatic N) is 12. The summed E-state index contributed by atoms with van der Waals surface area (Å²) < 4.78 is 133. The molecule has 7 heterocycles. The Morgan fingerprint density at radius 2 is 0.853 bits per heavy atom. The zero-order valence-electron chi connectivity index (χ0n) is 59.8. The van der Waals surface area contributed by atoms with E-state index in [0.717, 1.165) is 174 Å². The molecule has 1 saturated heterocycles. The highest BCUT2D eigenvalue weighted by molar-refractivity contribution is 6.03. The maximum atomic E-state index is 12.9. The maximum Gasteiger partial charge on any atom is 0.416 e. The van der Waals surface area contributed by atoms with Crippen LogP contribution in [0.25, 0.3) is 66.1 Å². The lowest BCUT2D eigenvalue weighted by Crippen LogP contribution is -2.37. The highest BCUT2D eigenvalue weighted by Gasteiger charge is 2.33. The van der Waals surface area contributed by atoms with E-state index in [4.69, 9.17) is 9.47 Å². The molecule has 0 aliphatic carbocycles. The van der Waals surface area contributed by atoms with Crippen LogP contribution in [0.15, 0.2) is 195 Å². The van der Waals surface area contributed by atoms with Gasteiger partial charge in [0.05, 0.1) is 89.2 Å². The molecule has 6 aromatic heterocycles. The summed E-state index contributed by atoms with van der Waals surface area (Å²) in [5.41, 5.74) is 7.06. The minimum absolute atomic E-state index is 0.0350. The number of morpholine rings is 1.